The average Bonchev–Trinajstić information content (AvgIpc) is 2.97. The predicted molar refractivity (Wildman–Crippen MR) is 56.1 cm³/mol. The van der Waals surface area contributed by atoms with Crippen LogP contribution in [0.25, 0.3) is 0 Å². The van der Waals surface area contributed by atoms with Gasteiger partial charge in [0.15, 0.2) is 0 Å². The van der Waals surface area contributed by atoms with Crippen molar-refractivity contribution in [3.05, 3.63) is 0 Å². The van der Waals surface area contributed by atoms with Crippen molar-refractivity contribution in [3.63, 3.8) is 0 Å². The number of hydrogen-bond donors (Lipinski definition) is 2. The highest BCUT2D eigenvalue weighted by Crippen LogP contribution is 2.28. The smallest absolute Gasteiger partial charge is 0.0629 e. The van der Waals surface area contributed by atoms with Crippen molar-refractivity contribution >= 4 is 0 Å². The summed E-state index contributed by atoms with van der Waals surface area (Å²) < 4.78 is 5.02. The second-order valence-electron chi connectivity index (χ2n) is 3.93. The summed E-state index contributed by atoms with van der Waals surface area (Å²) in [6.07, 6.45) is 2.48. The standard InChI is InChI=1S/C10H22N2O2/c1-3-12(8-4-5-8)10(6-13)9(11)7-14-2/h8-10,13H,3-7,11H2,1-2H3. The van der Waals surface area contributed by atoms with Gasteiger partial charge in [-0.25, -0.2) is 0 Å². The summed E-state index contributed by atoms with van der Waals surface area (Å²) in [4.78, 5) is 2.30. The van der Waals surface area contributed by atoms with E-state index in [1.165, 1.54) is 12.8 Å². The molecule has 0 amide bonds. The van der Waals surface area contributed by atoms with Crippen LogP contribution in [0.1, 0.15) is 19.8 Å². The van der Waals surface area contributed by atoms with Gasteiger partial charge in [-0.05, 0) is 19.4 Å². The Hall–Kier alpha value is -0.160. The number of nitrogens with zero attached hydrogens (tertiary/aromatic N) is 1. The van der Waals surface area contributed by atoms with Gasteiger partial charge in [0.05, 0.1) is 19.3 Å². The molecule has 1 saturated carbocycles. The van der Waals surface area contributed by atoms with Crippen LogP contribution in [0.5, 0.6) is 0 Å². The van der Waals surface area contributed by atoms with Gasteiger partial charge in [0, 0.05) is 19.2 Å². The molecule has 2 unspecified atom stereocenters. The van der Waals surface area contributed by atoms with Crippen LogP contribution in [0.15, 0.2) is 0 Å². The molecule has 0 aromatic heterocycles. The molecule has 3 N–H and O–H groups in total. The Morgan fingerprint density at radius 1 is 1.57 bits per heavy atom. The minimum atomic E-state index is -0.0921. The number of nitrogens with two attached hydrogens (primary N) is 1. The van der Waals surface area contributed by atoms with Crippen LogP contribution in [-0.4, -0.2) is 55.0 Å². The van der Waals surface area contributed by atoms with Gasteiger partial charge < -0.3 is 15.6 Å². The molecule has 1 fully saturated rings. The molecule has 14 heavy (non-hydrogen) atoms. The minimum absolute atomic E-state index is 0.0486. The maximum Gasteiger partial charge on any atom is 0.0629 e. The number of rotatable bonds is 7. The molecule has 1 aliphatic carbocycles. The lowest BCUT2D eigenvalue weighted by atomic mass is 10.1. The van der Waals surface area contributed by atoms with Gasteiger partial charge in [0.2, 0.25) is 0 Å². The van der Waals surface area contributed by atoms with Gasteiger partial charge in [-0.2, -0.15) is 0 Å². The molecule has 0 aromatic rings. The molecule has 0 saturated heterocycles. The van der Waals surface area contributed by atoms with E-state index in [2.05, 4.69) is 11.8 Å². The Labute approximate surface area is 86.0 Å². The van der Waals surface area contributed by atoms with Gasteiger partial charge in [-0.1, -0.05) is 6.92 Å². The largest absolute Gasteiger partial charge is 0.395 e. The van der Waals surface area contributed by atoms with Crippen molar-refractivity contribution < 1.29 is 9.84 Å². The van der Waals surface area contributed by atoms with Crippen molar-refractivity contribution in [3.8, 4) is 0 Å². The fourth-order valence-corrected chi connectivity index (χ4v) is 1.96. The molecular formula is C10H22N2O2. The number of hydrogen-bond acceptors (Lipinski definition) is 4. The van der Waals surface area contributed by atoms with Crippen molar-refractivity contribution in [1.29, 1.82) is 0 Å². The molecular weight excluding hydrogens is 180 g/mol. The second-order valence-corrected chi connectivity index (χ2v) is 3.93. The molecule has 4 heteroatoms. The number of aliphatic hydroxyl groups excluding tert-OH is 1. The van der Waals surface area contributed by atoms with E-state index in [9.17, 15) is 5.11 Å². The van der Waals surface area contributed by atoms with Crippen LogP contribution in [0.2, 0.25) is 0 Å². The Bertz CT molecular complexity index is 162. The zero-order valence-corrected chi connectivity index (χ0v) is 9.15. The lowest BCUT2D eigenvalue weighted by molar-refractivity contribution is 0.0688. The normalized spacial score (nSPS) is 21.2. The number of likely N-dealkylation sites (N-methyl/N-ethyl adjacent to an activating group) is 1. The van der Waals surface area contributed by atoms with Crippen LogP contribution >= 0.6 is 0 Å². The molecule has 4 nitrogen and oxygen atoms in total. The summed E-state index contributed by atoms with van der Waals surface area (Å²) in [6.45, 7) is 3.69. The number of ether oxygens (including phenoxy) is 1. The summed E-state index contributed by atoms with van der Waals surface area (Å²) in [5, 5.41) is 9.32. The van der Waals surface area contributed by atoms with E-state index in [0.29, 0.717) is 12.6 Å². The summed E-state index contributed by atoms with van der Waals surface area (Å²) in [6, 6.07) is 0.595. The zero-order chi connectivity index (χ0) is 10.6. The second kappa shape index (κ2) is 5.66. The van der Waals surface area contributed by atoms with Crippen molar-refractivity contribution in [2.45, 2.75) is 37.9 Å². The van der Waals surface area contributed by atoms with Gasteiger partial charge >= 0.3 is 0 Å². The Kier molecular flexibility index (Phi) is 4.81. The Morgan fingerprint density at radius 2 is 2.21 bits per heavy atom. The highest BCUT2D eigenvalue weighted by Gasteiger charge is 2.34. The highest BCUT2D eigenvalue weighted by atomic mass is 16.5. The number of methoxy groups -OCH3 is 1. The molecule has 0 heterocycles. The third-order valence-electron chi connectivity index (χ3n) is 2.85. The number of aliphatic hydroxyl groups is 1. The Balaban J connectivity index is 2.48. The SMILES string of the molecule is CCN(C1CC1)C(CO)C(N)COC. The molecule has 0 aliphatic heterocycles. The first-order valence-electron chi connectivity index (χ1n) is 5.35. The van der Waals surface area contributed by atoms with E-state index in [1.807, 2.05) is 0 Å². The predicted octanol–water partition coefficient (Wildman–Crippen LogP) is -0.195. The molecule has 1 aliphatic rings. The van der Waals surface area contributed by atoms with Gasteiger partial charge in [-0.3, -0.25) is 4.90 Å². The van der Waals surface area contributed by atoms with Crippen LogP contribution in [0.3, 0.4) is 0 Å². The lowest BCUT2D eigenvalue weighted by Crippen LogP contribution is -2.52. The van der Waals surface area contributed by atoms with Crippen molar-refractivity contribution in [2.24, 2.45) is 5.73 Å². The fraction of sp³-hybridized carbons (Fsp3) is 1.00. The molecule has 2 atom stereocenters. The quantitative estimate of drug-likeness (QED) is 0.600. The zero-order valence-electron chi connectivity index (χ0n) is 9.15. The minimum Gasteiger partial charge on any atom is -0.395 e. The van der Waals surface area contributed by atoms with E-state index < -0.39 is 0 Å². The monoisotopic (exact) mass is 202 g/mol. The van der Waals surface area contributed by atoms with Crippen LogP contribution in [-0.2, 0) is 4.74 Å². The van der Waals surface area contributed by atoms with E-state index in [-0.39, 0.29) is 18.7 Å². The van der Waals surface area contributed by atoms with Gasteiger partial charge in [0.1, 0.15) is 0 Å². The maximum atomic E-state index is 9.32. The first-order chi connectivity index (χ1) is 6.74. The fourth-order valence-electron chi connectivity index (χ4n) is 1.96. The summed E-state index contributed by atoms with van der Waals surface area (Å²) in [5.74, 6) is 0. The van der Waals surface area contributed by atoms with Gasteiger partial charge in [-0.15, -0.1) is 0 Å². The van der Waals surface area contributed by atoms with Crippen molar-refractivity contribution in [1.82, 2.24) is 4.90 Å². The average molecular weight is 202 g/mol. The van der Waals surface area contributed by atoms with E-state index in [4.69, 9.17) is 10.5 Å². The third-order valence-corrected chi connectivity index (χ3v) is 2.85. The topological polar surface area (TPSA) is 58.7 Å². The van der Waals surface area contributed by atoms with Crippen LogP contribution in [0.4, 0.5) is 0 Å². The highest BCUT2D eigenvalue weighted by molar-refractivity contribution is 4.91. The van der Waals surface area contributed by atoms with Crippen molar-refractivity contribution in [2.75, 3.05) is 26.9 Å². The van der Waals surface area contributed by atoms with Crippen LogP contribution < -0.4 is 5.73 Å². The molecule has 0 radical (unpaired) electrons. The summed E-state index contributed by atoms with van der Waals surface area (Å²) >= 11 is 0. The molecule has 0 aromatic carbocycles. The third kappa shape index (κ3) is 2.92. The van der Waals surface area contributed by atoms with Gasteiger partial charge in [0.25, 0.3) is 0 Å². The summed E-state index contributed by atoms with van der Waals surface area (Å²) in [5.41, 5.74) is 5.95. The first-order valence-corrected chi connectivity index (χ1v) is 5.35. The van der Waals surface area contributed by atoms with E-state index in [1.54, 1.807) is 7.11 Å². The van der Waals surface area contributed by atoms with E-state index in [0.717, 1.165) is 6.54 Å². The van der Waals surface area contributed by atoms with E-state index >= 15 is 0 Å². The molecule has 0 bridgehead atoms. The first kappa shape index (κ1) is 11.9. The Morgan fingerprint density at radius 3 is 2.57 bits per heavy atom. The molecule has 84 valence electrons. The summed E-state index contributed by atoms with van der Waals surface area (Å²) in [7, 11) is 1.64. The van der Waals surface area contributed by atoms with Crippen LogP contribution in [0, 0.1) is 0 Å². The molecule has 0 spiro atoms. The molecule has 1 rings (SSSR count). The maximum absolute atomic E-state index is 9.32. The lowest BCUT2D eigenvalue weighted by Gasteiger charge is -2.33.